The maximum atomic E-state index is 13.4. The standard InChI is InChI=1S/C14H12FNO/c1-10-6-7-12(15)13(8-10)16-9-11-4-2-3-5-14(11)17/h2-9,17H,1H3. The normalized spacial score (nSPS) is 10.9. The summed E-state index contributed by atoms with van der Waals surface area (Å²) in [6.45, 7) is 1.87. The van der Waals surface area contributed by atoms with Gasteiger partial charge in [-0.1, -0.05) is 18.2 Å². The summed E-state index contributed by atoms with van der Waals surface area (Å²) < 4.78 is 13.4. The molecule has 0 fully saturated rings. The average Bonchev–Trinajstić information content (AvgIpc) is 2.32. The van der Waals surface area contributed by atoms with Crippen LogP contribution < -0.4 is 0 Å². The van der Waals surface area contributed by atoms with Crippen molar-refractivity contribution in [2.75, 3.05) is 0 Å². The van der Waals surface area contributed by atoms with Crippen LogP contribution in [0.3, 0.4) is 0 Å². The largest absolute Gasteiger partial charge is 0.507 e. The Labute approximate surface area is 99.1 Å². The Hall–Kier alpha value is -2.16. The highest BCUT2D eigenvalue weighted by Gasteiger charge is 2.00. The predicted molar refractivity (Wildman–Crippen MR) is 66.5 cm³/mol. The number of aliphatic imine (C=N–C) groups is 1. The SMILES string of the molecule is Cc1ccc(F)c(N=Cc2ccccc2O)c1. The van der Waals surface area contributed by atoms with Gasteiger partial charge < -0.3 is 5.11 Å². The van der Waals surface area contributed by atoms with E-state index in [1.807, 2.05) is 6.92 Å². The highest BCUT2D eigenvalue weighted by atomic mass is 19.1. The van der Waals surface area contributed by atoms with Gasteiger partial charge in [-0.15, -0.1) is 0 Å². The smallest absolute Gasteiger partial charge is 0.148 e. The van der Waals surface area contributed by atoms with Crippen molar-refractivity contribution in [2.24, 2.45) is 4.99 Å². The summed E-state index contributed by atoms with van der Waals surface area (Å²) in [7, 11) is 0. The molecule has 0 saturated carbocycles. The molecule has 0 aromatic heterocycles. The van der Waals surface area contributed by atoms with Gasteiger partial charge in [0, 0.05) is 11.8 Å². The van der Waals surface area contributed by atoms with Crippen molar-refractivity contribution < 1.29 is 9.50 Å². The summed E-state index contributed by atoms with van der Waals surface area (Å²) in [5.74, 6) is -0.244. The predicted octanol–water partition coefficient (Wildman–Crippen LogP) is 3.59. The van der Waals surface area contributed by atoms with E-state index in [4.69, 9.17) is 0 Å². The number of halogens is 1. The number of benzene rings is 2. The van der Waals surface area contributed by atoms with E-state index in [9.17, 15) is 9.50 Å². The van der Waals surface area contributed by atoms with E-state index in [0.29, 0.717) is 5.56 Å². The molecule has 0 aliphatic heterocycles. The summed E-state index contributed by atoms with van der Waals surface area (Å²) in [6.07, 6.45) is 1.45. The fourth-order valence-corrected chi connectivity index (χ4v) is 1.46. The van der Waals surface area contributed by atoms with Crippen LogP contribution in [0, 0.1) is 12.7 Å². The van der Waals surface area contributed by atoms with Crippen molar-refractivity contribution >= 4 is 11.9 Å². The third-order valence-electron chi connectivity index (χ3n) is 2.38. The van der Waals surface area contributed by atoms with E-state index in [0.717, 1.165) is 5.56 Å². The molecule has 17 heavy (non-hydrogen) atoms. The Balaban J connectivity index is 2.32. The molecule has 0 radical (unpaired) electrons. The molecule has 0 aliphatic rings. The molecule has 2 nitrogen and oxygen atoms in total. The first-order valence-electron chi connectivity index (χ1n) is 5.25. The number of para-hydroxylation sites is 1. The van der Waals surface area contributed by atoms with Crippen molar-refractivity contribution in [1.82, 2.24) is 0 Å². The molecular weight excluding hydrogens is 217 g/mol. The van der Waals surface area contributed by atoms with Crippen LogP contribution in [0.5, 0.6) is 5.75 Å². The van der Waals surface area contributed by atoms with Gasteiger partial charge in [-0.3, -0.25) is 4.99 Å². The highest BCUT2D eigenvalue weighted by Crippen LogP contribution is 2.20. The minimum absolute atomic E-state index is 0.129. The molecular formula is C14H12FNO. The van der Waals surface area contributed by atoms with Crippen LogP contribution in [0.2, 0.25) is 0 Å². The second kappa shape index (κ2) is 4.78. The lowest BCUT2D eigenvalue weighted by atomic mass is 10.2. The van der Waals surface area contributed by atoms with Crippen LogP contribution in [0.15, 0.2) is 47.5 Å². The number of phenolic OH excluding ortho intramolecular Hbond substituents is 1. The second-order valence-corrected chi connectivity index (χ2v) is 3.77. The van der Waals surface area contributed by atoms with Gasteiger partial charge >= 0.3 is 0 Å². The summed E-state index contributed by atoms with van der Waals surface area (Å²) in [5, 5.41) is 9.53. The third-order valence-corrected chi connectivity index (χ3v) is 2.38. The van der Waals surface area contributed by atoms with Crippen molar-refractivity contribution in [2.45, 2.75) is 6.92 Å². The van der Waals surface area contributed by atoms with Crippen LogP contribution in [-0.4, -0.2) is 11.3 Å². The monoisotopic (exact) mass is 229 g/mol. The number of aryl methyl sites for hydroxylation is 1. The average molecular weight is 229 g/mol. The molecule has 0 aliphatic carbocycles. The van der Waals surface area contributed by atoms with Crippen LogP contribution in [0.1, 0.15) is 11.1 Å². The third kappa shape index (κ3) is 2.69. The van der Waals surface area contributed by atoms with Crippen LogP contribution in [-0.2, 0) is 0 Å². The summed E-state index contributed by atoms with van der Waals surface area (Å²) in [5.41, 5.74) is 1.78. The van der Waals surface area contributed by atoms with Crippen LogP contribution >= 0.6 is 0 Å². The van der Waals surface area contributed by atoms with E-state index in [1.54, 1.807) is 36.4 Å². The fraction of sp³-hybridized carbons (Fsp3) is 0.0714. The second-order valence-electron chi connectivity index (χ2n) is 3.77. The van der Waals surface area contributed by atoms with Gasteiger partial charge in [0.2, 0.25) is 0 Å². The minimum atomic E-state index is -0.373. The Morgan fingerprint density at radius 1 is 1.18 bits per heavy atom. The molecule has 1 N–H and O–H groups in total. The van der Waals surface area contributed by atoms with E-state index >= 15 is 0 Å². The number of phenols is 1. The number of aromatic hydroxyl groups is 1. The molecule has 0 saturated heterocycles. The molecule has 0 unspecified atom stereocenters. The maximum Gasteiger partial charge on any atom is 0.148 e. The molecule has 0 atom stereocenters. The Morgan fingerprint density at radius 3 is 2.71 bits per heavy atom. The molecule has 2 aromatic carbocycles. The van der Waals surface area contributed by atoms with Crippen molar-refractivity contribution in [3.05, 3.63) is 59.4 Å². The number of hydrogen-bond acceptors (Lipinski definition) is 2. The summed E-state index contributed by atoms with van der Waals surface area (Å²) >= 11 is 0. The van der Waals surface area contributed by atoms with Gasteiger partial charge in [0.1, 0.15) is 11.6 Å². The van der Waals surface area contributed by atoms with Crippen molar-refractivity contribution in [1.29, 1.82) is 0 Å². The molecule has 86 valence electrons. The highest BCUT2D eigenvalue weighted by molar-refractivity contribution is 5.85. The van der Waals surface area contributed by atoms with Gasteiger partial charge in [0.15, 0.2) is 0 Å². The van der Waals surface area contributed by atoms with E-state index in [1.165, 1.54) is 12.3 Å². The molecule has 0 bridgehead atoms. The fourth-order valence-electron chi connectivity index (χ4n) is 1.46. The lowest BCUT2D eigenvalue weighted by Crippen LogP contribution is -1.83. The first kappa shape index (κ1) is 11.3. The van der Waals surface area contributed by atoms with E-state index in [-0.39, 0.29) is 17.3 Å². The summed E-state index contributed by atoms with van der Waals surface area (Å²) in [6, 6.07) is 11.5. The van der Waals surface area contributed by atoms with Gasteiger partial charge in [0.25, 0.3) is 0 Å². The topological polar surface area (TPSA) is 32.6 Å². The van der Waals surface area contributed by atoms with E-state index < -0.39 is 0 Å². The zero-order valence-corrected chi connectivity index (χ0v) is 9.39. The molecule has 2 aromatic rings. The Kier molecular flexibility index (Phi) is 3.19. The molecule has 3 heteroatoms. The van der Waals surface area contributed by atoms with Gasteiger partial charge in [-0.25, -0.2) is 4.39 Å². The maximum absolute atomic E-state index is 13.4. The summed E-state index contributed by atoms with van der Waals surface area (Å²) in [4.78, 5) is 4.04. The zero-order valence-electron chi connectivity index (χ0n) is 9.39. The first-order valence-corrected chi connectivity index (χ1v) is 5.25. The molecule has 0 spiro atoms. The lowest BCUT2D eigenvalue weighted by molar-refractivity contribution is 0.474. The Bertz CT molecular complexity index is 564. The molecule has 2 rings (SSSR count). The number of rotatable bonds is 2. The van der Waals surface area contributed by atoms with Gasteiger partial charge in [-0.2, -0.15) is 0 Å². The van der Waals surface area contributed by atoms with Gasteiger partial charge in [0.05, 0.1) is 5.69 Å². The van der Waals surface area contributed by atoms with Crippen LogP contribution in [0.25, 0.3) is 0 Å². The van der Waals surface area contributed by atoms with Crippen molar-refractivity contribution in [3.8, 4) is 5.75 Å². The lowest BCUT2D eigenvalue weighted by Gasteiger charge is -1.99. The number of nitrogens with zero attached hydrogens (tertiary/aromatic N) is 1. The minimum Gasteiger partial charge on any atom is -0.507 e. The van der Waals surface area contributed by atoms with E-state index in [2.05, 4.69) is 4.99 Å². The van der Waals surface area contributed by atoms with Crippen LogP contribution in [0.4, 0.5) is 10.1 Å². The quantitative estimate of drug-likeness (QED) is 0.784. The molecule has 0 amide bonds. The number of hydrogen-bond donors (Lipinski definition) is 1. The Morgan fingerprint density at radius 2 is 1.94 bits per heavy atom. The zero-order chi connectivity index (χ0) is 12.3. The van der Waals surface area contributed by atoms with Crippen molar-refractivity contribution in [3.63, 3.8) is 0 Å². The molecule has 0 heterocycles. The van der Waals surface area contributed by atoms with Gasteiger partial charge in [-0.05, 0) is 36.8 Å². The first-order chi connectivity index (χ1) is 8.16.